The average molecular weight is 566 g/mol. The second-order valence-electron chi connectivity index (χ2n) is 9.29. The molecule has 0 saturated carbocycles. The minimum Gasteiger partial charge on any atom is -0.495 e. The number of rotatable bonds is 8. The fourth-order valence-corrected chi connectivity index (χ4v) is 5.14. The molecule has 38 heavy (non-hydrogen) atoms. The molecule has 2 aromatic carbocycles. The summed E-state index contributed by atoms with van der Waals surface area (Å²) in [7, 11) is 1.64. The van der Waals surface area contributed by atoms with Crippen LogP contribution in [0.4, 0.5) is 0 Å². The molecule has 1 aliphatic heterocycles. The van der Waals surface area contributed by atoms with Crippen molar-refractivity contribution < 1.29 is 28.9 Å². The zero-order valence-electron chi connectivity index (χ0n) is 21.6. The predicted molar refractivity (Wildman–Crippen MR) is 148 cm³/mol. The number of ether oxygens (including phenoxy) is 2. The van der Waals surface area contributed by atoms with E-state index in [2.05, 4.69) is 22.0 Å². The third kappa shape index (κ3) is 6.42. The molecule has 4 aromatic rings. The van der Waals surface area contributed by atoms with E-state index in [4.69, 9.17) is 29.9 Å². The van der Waals surface area contributed by atoms with Crippen molar-refractivity contribution in [1.29, 1.82) is 0 Å². The summed E-state index contributed by atoms with van der Waals surface area (Å²) >= 11 is 6.37. The van der Waals surface area contributed by atoms with Gasteiger partial charge in [-0.25, -0.2) is 0 Å². The van der Waals surface area contributed by atoms with Gasteiger partial charge in [0.15, 0.2) is 5.76 Å². The number of aryl methyl sites for hydroxylation is 2. The van der Waals surface area contributed by atoms with Gasteiger partial charge in [-0.1, -0.05) is 17.7 Å². The highest BCUT2D eigenvalue weighted by Gasteiger charge is 2.24. The van der Waals surface area contributed by atoms with Gasteiger partial charge in [-0.05, 0) is 74.2 Å². The van der Waals surface area contributed by atoms with E-state index in [1.54, 1.807) is 14.0 Å². The van der Waals surface area contributed by atoms with Crippen LogP contribution in [-0.2, 0) is 0 Å². The molecule has 1 saturated heterocycles. The number of methoxy groups -OCH3 is 1. The number of nitrogens with zero attached hydrogens (tertiary/aromatic N) is 3. The number of halogens is 2. The fraction of sp³-hybridized carbons (Fsp3) is 0.407. The molecule has 5 rings (SSSR count). The Kier molecular flexibility index (Phi) is 10.0. The van der Waals surface area contributed by atoms with Crippen molar-refractivity contribution in [3.05, 3.63) is 58.4 Å². The SMILES string of the molecule is COc1cc(C)c(C2CCN(C[C@H](O)COc3cccc4oc(-c5nnc(C)o5)cc34)CC2)cc1Cl.Cl.O. The maximum atomic E-state index is 10.7. The van der Waals surface area contributed by atoms with Crippen molar-refractivity contribution in [3.63, 3.8) is 0 Å². The monoisotopic (exact) mass is 565 g/mol. The molecule has 1 fully saturated rings. The van der Waals surface area contributed by atoms with E-state index in [1.807, 2.05) is 36.4 Å². The molecule has 2 aromatic heterocycles. The molecule has 0 bridgehead atoms. The second kappa shape index (κ2) is 12.8. The zero-order valence-corrected chi connectivity index (χ0v) is 23.1. The van der Waals surface area contributed by atoms with Crippen LogP contribution in [0.25, 0.3) is 22.6 Å². The van der Waals surface area contributed by atoms with Crippen molar-refractivity contribution in [3.8, 4) is 23.1 Å². The normalized spacial score (nSPS) is 15.1. The largest absolute Gasteiger partial charge is 0.495 e. The van der Waals surface area contributed by atoms with Gasteiger partial charge in [-0.2, -0.15) is 0 Å². The quantitative estimate of drug-likeness (QED) is 0.317. The van der Waals surface area contributed by atoms with E-state index >= 15 is 0 Å². The van der Waals surface area contributed by atoms with Gasteiger partial charge in [0.1, 0.15) is 29.8 Å². The van der Waals surface area contributed by atoms with Crippen LogP contribution in [0.3, 0.4) is 0 Å². The van der Waals surface area contributed by atoms with Gasteiger partial charge >= 0.3 is 0 Å². The van der Waals surface area contributed by atoms with Crippen LogP contribution < -0.4 is 9.47 Å². The van der Waals surface area contributed by atoms with E-state index < -0.39 is 6.10 Å². The molecule has 9 nitrogen and oxygen atoms in total. The van der Waals surface area contributed by atoms with Gasteiger partial charge in [0.05, 0.1) is 17.5 Å². The highest BCUT2D eigenvalue weighted by molar-refractivity contribution is 6.32. The van der Waals surface area contributed by atoms with Gasteiger partial charge in [0.25, 0.3) is 5.89 Å². The summed E-state index contributed by atoms with van der Waals surface area (Å²) in [5, 5.41) is 20.0. The molecule has 0 aliphatic carbocycles. The number of hydrogen-bond donors (Lipinski definition) is 1. The highest BCUT2D eigenvalue weighted by atomic mass is 35.5. The Morgan fingerprint density at radius 2 is 1.87 bits per heavy atom. The zero-order chi connectivity index (χ0) is 25.2. The lowest BCUT2D eigenvalue weighted by atomic mass is 9.86. The van der Waals surface area contributed by atoms with E-state index in [0.717, 1.165) is 31.3 Å². The molecule has 0 spiro atoms. The third-order valence-corrected chi connectivity index (χ3v) is 7.02. The highest BCUT2D eigenvalue weighted by Crippen LogP contribution is 2.36. The Balaban J connectivity index is 0.00000200. The standard InChI is InChI=1S/C27H30ClN3O5.ClH.H2O/c1-16-11-25(33-3)22(28)12-20(16)18-7-9-31(10-8-18)14-19(32)15-34-23-5-4-6-24-21(23)13-26(36-24)27-30-29-17(2)35-27;;/h4-6,11-13,18-19,32H,7-10,14-15H2,1-3H3;1H;1H2/t19-;;/m0../s1. The van der Waals surface area contributed by atoms with Crippen LogP contribution in [0.15, 0.2) is 45.2 Å². The lowest BCUT2D eigenvalue weighted by Crippen LogP contribution is -2.40. The molecule has 3 heterocycles. The lowest BCUT2D eigenvalue weighted by Gasteiger charge is -2.34. The molecule has 0 amide bonds. The molecule has 11 heteroatoms. The minimum absolute atomic E-state index is 0. The van der Waals surface area contributed by atoms with Crippen molar-refractivity contribution >= 4 is 35.0 Å². The topological polar surface area (TPSA) is 125 Å². The number of benzene rings is 2. The number of fused-ring (bicyclic) bond motifs is 1. The summed E-state index contributed by atoms with van der Waals surface area (Å²) in [5.74, 6) is 3.09. The summed E-state index contributed by atoms with van der Waals surface area (Å²) < 4.78 is 22.6. The van der Waals surface area contributed by atoms with Crippen LogP contribution in [0.1, 0.15) is 35.8 Å². The molecule has 0 radical (unpaired) electrons. The summed E-state index contributed by atoms with van der Waals surface area (Å²) in [5.41, 5.74) is 3.14. The Morgan fingerprint density at radius 3 is 2.55 bits per heavy atom. The number of piperidine rings is 1. The first kappa shape index (κ1) is 29.7. The Bertz CT molecular complexity index is 1350. The summed E-state index contributed by atoms with van der Waals surface area (Å²) in [6, 6.07) is 11.4. The summed E-state index contributed by atoms with van der Waals surface area (Å²) in [4.78, 5) is 2.29. The number of aliphatic hydroxyl groups excluding tert-OH is 1. The van der Waals surface area contributed by atoms with E-state index in [1.165, 1.54) is 11.1 Å². The first-order chi connectivity index (χ1) is 17.4. The molecule has 1 aliphatic rings. The van der Waals surface area contributed by atoms with Gasteiger partial charge in [-0.3, -0.25) is 0 Å². The van der Waals surface area contributed by atoms with Crippen molar-refractivity contribution in [2.45, 2.75) is 38.7 Å². The Labute approximate surface area is 232 Å². The minimum atomic E-state index is -0.612. The lowest BCUT2D eigenvalue weighted by molar-refractivity contribution is 0.0599. The number of hydrogen-bond acceptors (Lipinski definition) is 8. The van der Waals surface area contributed by atoms with Gasteiger partial charge < -0.3 is 33.8 Å². The van der Waals surface area contributed by atoms with E-state index in [9.17, 15) is 5.11 Å². The fourth-order valence-electron chi connectivity index (χ4n) is 4.89. The van der Waals surface area contributed by atoms with Crippen LogP contribution in [0.5, 0.6) is 11.5 Å². The Morgan fingerprint density at radius 1 is 1.11 bits per heavy atom. The number of aliphatic hydroxyl groups is 1. The van der Waals surface area contributed by atoms with Crippen LogP contribution in [0, 0.1) is 13.8 Å². The molecule has 0 unspecified atom stereocenters. The smallest absolute Gasteiger partial charge is 0.283 e. The third-order valence-electron chi connectivity index (χ3n) is 6.73. The number of aromatic nitrogens is 2. The number of furan rings is 1. The second-order valence-corrected chi connectivity index (χ2v) is 9.70. The summed E-state index contributed by atoms with van der Waals surface area (Å²) in [6.45, 7) is 6.40. The number of likely N-dealkylation sites (tertiary alicyclic amines) is 1. The van der Waals surface area contributed by atoms with Gasteiger partial charge in [0.2, 0.25) is 5.89 Å². The van der Waals surface area contributed by atoms with E-state index in [-0.39, 0.29) is 24.5 Å². The Hall–Kier alpha value is -2.82. The maximum absolute atomic E-state index is 10.7. The summed E-state index contributed by atoms with van der Waals surface area (Å²) in [6.07, 6.45) is 1.42. The predicted octanol–water partition coefficient (Wildman–Crippen LogP) is 4.98. The van der Waals surface area contributed by atoms with Crippen molar-refractivity contribution in [1.82, 2.24) is 15.1 Å². The molecular weight excluding hydrogens is 533 g/mol. The number of β-amino-alcohol motifs (C(OH)–C–C–N with tert-alkyl or cyclic N) is 1. The first-order valence-electron chi connectivity index (χ1n) is 12.1. The molecule has 206 valence electrons. The molecule has 3 N–H and O–H groups in total. The molecule has 1 atom stereocenters. The van der Waals surface area contributed by atoms with Crippen molar-refractivity contribution in [2.24, 2.45) is 0 Å². The van der Waals surface area contributed by atoms with Gasteiger partial charge in [0, 0.05) is 19.5 Å². The first-order valence-corrected chi connectivity index (χ1v) is 12.5. The van der Waals surface area contributed by atoms with Crippen LogP contribution >= 0.6 is 24.0 Å². The van der Waals surface area contributed by atoms with Crippen LogP contribution in [0.2, 0.25) is 5.02 Å². The van der Waals surface area contributed by atoms with Crippen LogP contribution in [-0.4, -0.2) is 65.1 Å². The molecular formula is C27H33Cl2N3O6. The van der Waals surface area contributed by atoms with Crippen molar-refractivity contribution in [2.75, 3.05) is 33.4 Å². The average Bonchev–Trinajstić information content (AvgIpc) is 3.51. The van der Waals surface area contributed by atoms with E-state index in [0.29, 0.717) is 52.1 Å². The van der Waals surface area contributed by atoms with Gasteiger partial charge in [-0.15, -0.1) is 22.6 Å². The maximum Gasteiger partial charge on any atom is 0.283 e.